The molecule has 2 amide bonds. The van der Waals surface area contributed by atoms with Crippen molar-refractivity contribution in [2.24, 2.45) is 10.1 Å². The fourth-order valence-electron chi connectivity index (χ4n) is 2.23. The maximum absolute atomic E-state index is 12.6. The average Bonchev–Trinajstić information content (AvgIpc) is 3.24. The molecule has 0 saturated carbocycles. The van der Waals surface area contributed by atoms with Gasteiger partial charge in [0.2, 0.25) is 5.91 Å². The smallest absolute Gasteiger partial charge is 0.263 e. The highest BCUT2D eigenvalue weighted by atomic mass is 79.9. The van der Waals surface area contributed by atoms with Gasteiger partial charge in [-0.25, -0.2) is 0 Å². The van der Waals surface area contributed by atoms with E-state index in [1.807, 2.05) is 29.6 Å². The van der Waals surface area contributed by atoms with E-state index >= 15 is 0 Å². The molecule has 2 aromatic rings. The van der Waals surface area contributed by atoms with Crippen LogP contribution in [-0.2, 0) is 9.59 Å². The molecule has 1 aromatic heterocycles. The van der Waals surface area contributed by atoms with Gasteiger partial charge in [-0.05, 0) is 35.7 Å². The van der Waals surface area contributed by atoms with Crippen LogP contribution in [0, 0.1) is 0 Å². The molecule has 0 spiro atoms. The van der Waals surface area contributed by atoms with Gasteiger partial charge in [0.05, 0.1) is 6.21 Å². The Labute approximate surface area is 167 Å². The van der Waals surface area contributed by atoms with Crippen molar-refractivity contribution in [1.82, 2.24) is 5.01 Å². The fourth-order valence-corrected chi connectivity index (χ4v) is 4.11. The van der Waals surface area contributed by atoms with Crippen molar-refractivity contribution < 1.29 is 9.59 Å². The molecular weight excluding hydrogens is 436 g/mol. The molecule has 6 nitrogen and oxygen atoms in total. The first-order valence-electron chi connectivity index (χ1n) is 7.67. The topological polar surface area (TPSA) is 74.1 Å². The summed E-state index contributed by atoms with van der Waals surface area (Å²) in [6.07, 6.45) is 1.68. The third kappa shape index (κ3) is 4.60. The van der Waals surface area contributed by atoms with Crippen molar-refractivity contribution in [3.8, 4) is 0 Å². The van der Waals surface area contributed by atoms with E-state index in [4.69, 9.17) is 0 Å². The maximum Gasteiger partial charge on any atom is 0.263 e. The maximum atomic E-state index is 12.6. The molecule has 2 heterocycles. The predicted octanol–water partition coefficient (Wildman–Crippen LogP) is 3.80. The van der Waals surface area contributed by atoms with Gasteiger partial charge in [0.1, 0.15) is 5.25 Å². The lowest BCUT2D eigenvalue weighted by atomic mass is 10.2. The molecule has 134 valence electrons. The van der Waals surface area contributed by atoms with E-state index in [-0.39, 0.29) is 18.2 Å². The van der Waals surface area contributed by atoms with Crippen LogP contribution >= 0.6 is 39.0 Å². The van der Waals surface area contributed by atoms with Crippen LogP contribution in [0.3, 0.4) is 0 Å². The molecular formula is C17H15BrN4O2S2. The van der Waals surface area contributed by atoms with Crippen molar-refractivity contribution in [1.29, 1.82) is 0 Å². The zero-order chi connectivity index (χ0) is 18.5. The van der Waals surface area contributed by atoms with Gasteiger partial charge in [-0.3, -0.25) is 14.6 Å². The van der Waals surface area contributed by atoms with E-state index in [9.17, 15) is 9.59 Å². The van der Waals surface area contributed by atoms with Crippen molar-refractivity contribution in [3.63, 3.8) is 0 Å². The van der Waals surface area contributed by atoms with Crippen LogP contribution < -0.4 is 5.32 Å². The Hall–Kier alpha value is -1.97. The molecule has 3 rings (SSSR count). The molecule has 1 fully saturated rings. The molecule has 1 atom stereocenters. The number of thiophene rings is 1. The van der Waals surface area contributed by atoms with E-state index in [1.54, 1.807) is 25.4 Å². The first kappa shape index (κ1) is 18.8. The largest absolute Gasteiger partial charge is 0.326 e. The second-order valence-corrected chi connectivity index (χ2v) is 8.35. The van der Waals surface area contributed by atoms with Crippen LogP contribution in [-0.4, -0.2) is 40.5 Å². The summed E-state index contributed by atoms with van der Waals surface area (Å²) >= 11 is 6.13. The molecule has 1 saturated heterocycles. The minimum Gasteiger partial charge on any atom is -0.326 e. The minimum atomic E-state index is -0.537. The van der Waals surface area contributed by atoms with Crippen LogP contribution in [0.2, 0.25) is 0 Å². The van der Waals surface area contributed by atoms with Gasteiger partial charge >= 0.3 is 0 Å². The summed E-state index contributed by atoms with van der Waals surface area (Å²) < 4.78 is 0.931. The average molecular weight is 451 g/mol. The molecule has 1 N–H and O–H groups in total. The predicted molar refractivity (Wildman–Crippen MR) is 111 cm³/mol. The summed E-state index contributed by atoms with van der Waals surface area (Å²) in [6.45, 7) is 0. The second kappa shape index (κ2) is 8.61. The fraction of sp³-hybridized carbons (Fsp3) is 0.176. The van der Waals surface area contributed by atoms with E-state index in [1.165, 1.54) is 28.1 Å². The summed E-state index contributed by atoms with van der Waals surface area (Å²) in [5.74, 6) is -0.466. The third-order valence-corrected chi connectivity index (χ3v) is 6.00. The number of aliphatic imine (C=N–C) groups is 1. The number of carbonyl (C=O) groups excluding carboxylic acids is 2. The van der Waals surface area contributed by atoms with Crippen LogP contribution in [0.4, 0.5) is 5.69 Å². The van der Waals surface area contributed by atoms with Gasteiger partial charge in [-0.15, -0.1) is 11.3 Å². The van der Waals surface area contributed by atoms with Gasteiger partial charge in [0, 0.05) is 28.5 Å². The number of hydrogen-bond acceptors (Lipinski definition) is 6. The zero-order valence-corrected chi connectivity index (χ0v) is 17.0. The lowest BCUT2D eigenvalue weighted by molar-refractivity contribution is -0.128. The number of nitrogens with zero attached hydrogens (tertiary/aromatic N) is 3. The number of hydrogen-bond donors (Lipinski definition) is 1. The van der Waals surface area contributed by atoms with E-state index in [0.29, 0.717) is 10.9 Å². The number of carbonyl (C=O) groups is 2. The Bertz CT molecular complexity index is 850. The van der Waals surface area contributed by atoms with Gasteiger partial charge in [0.15, 0.2) is 5.17 Å². The number of hydrazone groups is 1. The van der Waals surface area contributed by atoms with Crippen molar-refractivity contribution >= 4 is 67.9 Å². The highest BCUT2D eigenvalue weighted by molar-refractivity contribution is 9.10. The normalized spacial score (nSPS) is 18.8. The number of amides is 2. The SMILES string of the molecule is CN=C1SC(CC(=O)Nc2ccc(Br)cc2)C(=O)N1/N=C/c1cccs1. The molecule has 0 aliphatic carbocycles. The van der Waals surface area contributed by atoms with Crippen LogP contribution in [0.5, 0.6) is 0 Å². The lowest BCUT2D eigenvalue weighted by Gasteiger charge is -2.09. The summed E-state index contributed by atoms with van der Waals surface area (Å²) in [4.78, 5) is 29.9. The van der Waals surface area contributed by atoms with Crippen LogP contribution in [0.1, 0.15) is 11.3 Å². The number of halogens is 1. The number of thioether (sulfide) groups is 1. The summed E-state index contributed by atoms with van der Waals surface area (Å²) in [7, 11) is 1.60. The first-order valence-corrected chi connectivity index (χ1v) is 10.2. The number of benzene rings is 1. The zero-order valence-electron chi connectivity index (χ0n) is 13.8. The van der Waals surface area contributed by atoms with Crippen molar-refractivity contribution in [2.75, 3.05) is 12.4 Å². The number of anilines is 1. The molecule has 26 heavy (non-hydrogen) atoms. The molecule has 1 aromatic carbocycles. The van der Waals surface area contributed by atoms with Crippen molar-refractivity contribution in [3.05, 3.63) is 51.1 Å². The van der Waals surface area contributed by atoms with Crippen molar-refractivity contribution in [2.45, 2.75) is 11.7 Å². The second-order valence-electron chi connectivity index (χ2n) is 5.28. The van der Waals surface area contributed by atoms with E-state index in [0.717, 1.165) is 9.35 Å². The Morgan fingerprint density at radius 2 is 2.12 bits per heavy atom. The standard InChI is InChI=1S/C17H15BrN4O2S2/c1-19-17-22(20-10-13-3-2-8-25-13)16(24)14(26-17)9-15(23)21-12-6-4-11(18)5-7-12/h2-8,10,14H,9H2,1H3,(H,21,23)/b19-17?,20-10+. The Morgan fingerprint density at radius 3 is 2.77 bits per heavy atom. The van der Waals surface area contributed by atoms with E-state index in [2.05, 4.69) is 31.3 Å². The molecule has 0 radical (unpaired) electrons. The molecule has 1 unspecified atom stereocenters. The molecule has 9 heteroatoms. The van der Waals surface area contributed by atoms with E-state index < -0.39 is 5.25 Å². The Kier molecular flexibility index (Phi) is 6.23. The third-order valence-electron chi connectivity index (χ3n) is 3.45. The Balaban J connectivity index is 1.64. The van der Waals surface area contributed by atoms with Gasteiger partial charge in [0.25, 0.3) is 5.91 Å². The monoisotopic (exact) mass is 450 g/mol. The van der Waals surface area contributed by atoms with Gasteiger partial charge in [-0.1, -0.05) is 33.8 Å². The summed E-state index contributed by atoms with van der Waals surface area (Å²) in [6, 6.07) is 11.1. The van der Waals surface area contributed by atoms with Crippen LogP contribution in [0.25, 0.3) is 0 Å². The highest BCUT2D eigenvalue weighted by Crippen LogP contribution is 2.30. The van der Waals surface area contributed by atoms with Crippen LogP contribution in [0.15, 0.2) is 56.3 Å². The number of nitrogens with one attached hydrogen (secondary N) is 1. The lowest BCUT2D eigenvalue weighted by Crippen LogP contribution is -2.29. The molecule has 0 bridgehead atoms. The first-order chi connectivity index (χ1) is 12.6. The minimum absolute atomic E-state index is 0.0591. The highest BCUT2D eigenvalue weighted by Gasteiger charge is 2.39. The molecule has 1 aliphatic rings. The summed E-state index contributed by atoms with van der Waals surface area (Å²) in [5.41, 5.74) is 0.686. The quantitative estimate of drug-likeness (QED) is 0.703. The Morgan fingerprint density at radius 1 is 1.35 bits per heavy atom. The number of rotatable bonds is 5. The van der Waals surface area contributed by atoms with Gasteiger partial charge in [-0.2, -0.15) is 10.1 Å². The summed E-state index contributed by atoms with van der Waals surface area (Å²) in [5, 5.41) is 10.2. The molecule has 1 aliphatic heterocycles. The number of amidine groups is 1. The van der Waals surface area contributed by atoms with Gasteiger partial charge < -0.3 is 5.32 Å².